The summed E-state index contributed by atoms with van der Waals surface area (Å²) in [7, 11) is 0. The molecule has 2 aromatic carbocycles. The molecule has 2 N–H and O–H groups in total. The van der Waals surface area contributed by atoms with Crippen LogP contribution in [-0.4, -0.2) is 54.2 Å². The number of rotatable bonds is 6. The minimum absolute atomic E-state index is 0.0135. The molecule has 1 saturated heterocycles. The van der Waals surface area contributed by atoms with Crippen LogP contribution < -0.4 is 5.32 Å². The average Bonchev–Trinajstić information content (AvgIpc) is 3.20. The summed E-state index contributed by atoms with van der Waals surface area (Å²) in [4.78, 5) is 39.1. The number of amides is 2. The van der Waals surface area contributed by atoms with Crippen molar-refractivity contribution in [1.29, 1.82) is 0 Å². The SMILES string of the molecule is O=C(NC[C@@H]1C[C@@H]1C(=O)N1C[C@@H]2CCC[C@]2(C(=O)O)C1)OCC1c2ccccc2-c2ccccc21. The molecule has 182 valence electrons. The van der Waals surface area contributed by atoms with Gasteiger partial charge in [-0.1, -0.05) is 55.0 Å². The Morgan fingerprint density at radius 3 is 2.40 bits per heavy atom. The van der Waals surface area contributed by atoms with Gasteiger partial charge in [-0.3, -0.25) is 9.59 Å². The van der Waals surface area contributed by atoms with Gasteiger partial charge in [0.2, 0.25) is 5.91 Å². The Morgan fingerprint density at radius 2 is 1.74 bits per heavy atom. The molecule has 0 radical (unpaired) electrons. The van der Waals surface area contributed by atoms with Crippen LogP contribution in [0, 0.1) is 23.2 Å². The number of hydrogen-bond acceptors (Lipinski definition) is 4. The zero-order valence-corrected chi connectivity index (χ0v) is 19.6. The van der Waals surface area contributed by atoms with E-state index < -0.39 is 17.5 Å². The molecule has 0 spiro atoms. The number of carboxylic acids is 1. The normalized spacial score (nSPS) is 28.2. The molecular formula is C28H30N2O5. The number of carboxylic acid groups (broad SMARTS) is 1. The number of likely N-dealkylation sites (tertiary alicyclic amines) is 1. The van der Waals surface area contributed by atoms with Gasteiger partial charge in [-0.15, -0.1) is 0 Å². The Morgan fingerprint density at radius 1 is 1.06 bits per heavy atom. The standard InChI is InChI=1S/C28H30N2O5/c31-25(30-14-18-6-5-11-28(18,16-30)26(32)33)23-12-17(23)13-29-27(34)35-15-24-21-9-3-1-7-19(21)20-8-2-4-10-22(20)24/h1-4,7-10,17-18,23-24H,5-6,11-16H2,(H,29,34)(H,32,33)/t17-,18-,23-,28-/m0/s1. The number of aliphatic carboxylic acids is 1. The molecule has 0 aromatic heterocycles. The smallest absolute Gasteiger partial charge is 0.407 e. The third kappa shape index (κ3) is 3.68. The summed E-state index contributed by atoms with van der Waals surface area (Å²) in [5, 5.41) is 12.6. The molecule has 1 aliphatic heterocycles. The predicted molar refractivity (Wildman–Crippen MR) is 129 cm³/mol. The van der Waals surface area contributed by atoms with Crippen molar-refractivity contribution < 1.29 is 24.2 Å². The van der Waals surface area contributed by atoms with Crippen molar-refractivity contribution in [2.24, 2.45) is 23.2 Å². The first-order chi connectivity index (χ1) is 17.0. The van der Waals surface area contributed by atoms with E-state index >= 15 is 0 Å². The number of alkyl carbamates (subject to hydrolysis) is 1. The highest BCUT2D eigenvalue weighted by atomic mass is 16.5. The Labute approximate surface area is 204 Å². The van der Waals surface area contributed by atoms with Crippen LogP contribution in [-0.2, 0) is 14.3 Å². The van der Waals surface area contributed by atoms with Crippen LogP contribution in [0.2, 0.25) is 0 Å². The fraction of sp³-hybridized carbons (Fsp3) is 0.464. The third-order valence-electron chi connectivity index (χ3n) is 8.70. The number of benzene rings is 2. The quantitative estimate of drug-likeness (QED) is 0.663. The summed E-state index contributed by atoms with van der Waals surface area (Å²) in [5.41, 5.74) is 3.96. The van der Waals surface area contributed by atoms with E-state index in [-0.39, 0.29) is 36.2 Å². The first-order valence-corrected chi connectivity index (χ1v) is 12.6. The molecule has 4 aliphatic rings. The topological polar surface area (TPSA) is 95.9 Å². The summed E-state index contributed by atoms with van der Waals surface area (Å²) in [6.07, 6.45) is 2.73. The lowest BCUT2D eigenvalue weighted by Crippen LogP contribution is -2.38. The summed E-state index contributed by atoms with van der Waals surface area (Å²) in [5.74, 6) is -0.684. The van der Waals surface area contributed by atoms with Crippen molar-refractivity contribution in [2.45, 2.75) is 31.6 Å². The molecule has 2 saturated carbocycles. The molecule has 7 heteroatoms. The first kappa shape index (κ1) is 22.1. The van der Waals surface area contributed by atoms with E-state index in [0.29, 0.717) is 26.1 Å². The molecule has 0 bridgehead atoms. The molecule has 6 rings (SSSR count). The van der Waals surface area contributed by atoms with Crippen LogP contribution in [0.15, 0.2) is 48.5 Å². The summed E-state index contributed by atoms with van der Waals surface area (Å²) in [6, 6.07) is 16.4. The zero-order valence-electron chi connectivity index (χ0n) is 19.6. The van der Waals surface area contributed by atoms with Gasteiger partial charge >= 0.3 is 12.1 Å². The number of hydrogen-bond donors (Lipinski definition) is 2. The maximum absolute atomic E-state index is 13.0. The number of ether oxygens (including phenoxy) is 1. The maximum atomic E-state index is 13.0. The van der Waals surface area contributed by atoms with Crippen molar-refractivity contribution >= 4 is 18.0 Å². The van der Waals surface area contributed by atoms with Crippen LogP contribution in [0.4, 0.5) is 4.79 Å². The van der Waals surface area contributed by atoms with Gasteiger partial charge in [0.1, 0.15) is 6.61 Å². The van der Waals surface area contributed by atoms with Crippen molar-refractivity contribution in [3.05, 3.63) is 59.7 Å². The van der Waals surface area contributed by atoms with Gasteiger partial charge in [0, 0.05) is 31.5 Å². The minimum atomic E-state index is -0.764. The Balaban J connectivity index is 0.999. The Bertz CT molecular complexity index is 1150. The molecule has 7 nitrogen and oxygen atoms in total. The molecule has 2 amide bonds. The first-order valence-electron chi connectivity index (χ1n) is 12.6. The predicted octanol–water partition coefficient (Wildman–Crippen LogP) is 3.87. The van der Waals surface area contributed by atoms with E-state index in [1.54, 1.807) is 4.90 Å². The van der Waals surface area contributed by atoms with E-state index in [2.05, 4.69) is 29.6 Å². The summed E-state index contributed by atoms with van der Waals surface area (Å²) >= 11 is 0. The largest absolute Gasteiger partial charge is 0.481 e. The highest BCUT2D eigenvalue weighted by Crippen LogP contribution is 2.51. The lowest BCUT2D eigenvalue weighted by Gasteiger charge is -2.23. The number of nitrogens with one attached hydrogen (secondary N) is 1. The van der Waals surface area contributed by atoms with Gasteiger partial charge in [0.05, 0.1) is 5.41 Å². The van der Waals surface area contributed by atoms with Crippen LogP contribution in [0.5, 0.6) is 0 Å². The fourth-order valence-corrected chi connectivity index (χ4v) is 6.68. The van der Waals surface area contributed by atoms with Crippen LogP contribution in [0.3, 0.4) is 0 Å². The highest BCUT2D eigenvalue weighted by molar-refractivity contribution is 5.85. The second-order valence-electron chi connectivity index (χ2n) is 10.6. The van der Waals surface area contributed by atoms with Crippen molar-refractivity contribution in [3.8, 4) is 11.1 Å². The Kier molecular flexibility index (Phi) is 5.31. The molecule has 3 fully saturated rings. The van der Waals surface area contributed by atoms with Gasteiger partial charge in [-0.25, -0.2) is 4.79 Å². The van der Waals surface area contributed by atoms with Crippen molar-refractivity contribution in [2.75, 3.05) is 26.2 Å². The summed E-state index contributed by atoms with van der Waals surface area (Å²) in [6.45, 7) is 1.54. The molecule has 2 aromatic rings. The third-order valence-corrected chi connectivity index (χ3v) is 8.70. The number of nitrogens with zero attached hydrogens (tertiary/aromatic N) is 1. The van der Waals surface area contributed by atoms with Gasteiger partial charge in [-0.2, -0.15) is 0 Å². The second kappa shape index (κ2) is 8.40. The number of carbonyl (C=O) groups is 3. The Hall–Kier alpha value is -3.35. The van der Waals surface area contributed by atoms with E-state index in [0.717, 1.165) is 19.3 Å². The van der Waals surface area contributed by atoms with E-state index in [1.807, 2.05) is 24.3 Å². The molecule has 4 atom stereocenters. The van der Waals surface area contributed by atoms with Gasteiger partial charge in [0.15, 0.2) is 0 Å². The number of carbonyl (C=O) groups excluding carboxylic acids is 2. The van der Waals surface area contributed by atoms with E-state index in [4.69, 9.17) is 4.74 Å². The molecule has 1 heterocycles. The summed E-state index contributed by atoms with van der Waals surface area (Å²) < 4.78 is 5.59. The van der Waals surface area contributed by atoms with Gasteiger partial charge in [-0.05, 0) is 53.4 Å². The number of fused-ring (bicyclic) bond motifs is 4. The zero-order chi connectivity index (χ0) is 24.2. The average molecular weight is 475 g/mol. The highest BCUT2D eigenvalue weighted by Gasteiger charge is 2.57. The molecular weight excluding hydrogens is 444 g/mol. The lowest BCUT2D eigenvalue weighted by atomic mass is 9.81. The van der Waals surface area contributed by atoms with Crippen LogP contribution in [0.1, 0.15) is 42.7 Å². The van der Waals surface area contributed by atoms with Crippen molar-refractivity contribution in [3.63, 3.8) is 0 Å². The molecule has 35 heavy (non-hydrogen) atoms. The van der Waals surface area contributed by atoms with E-state index in [9.17, 15) is 19.5 Å². The van der Waals surface area contributed by atoms with Crippen molar-refractivity contribution in [1.82, 2.24) is 10.2 Å². The minimum Gasteiger partial charge on any atom is -0.481 e. The monoisotopic (exact) mass is 474 g/mol. The van der Waals surface area contributed by atoms with E-state index in [1.165, 1.54) is 22.3 Å². The fourth-order valence-electron chi connectivity index (χ4n) is 6.68. The maximum Gasteiger partial charge on any atom is 0.407 e. The van der Waals surface area contributed by atoms with Gasteiger partial charge < -0.3 is 20.1 Å². The lowest BCUT2D eigenvalue weighted by molar-refractivity contribution is -0.149. The second-order valence-corrected chi connectivity index (χ2v) is 10.6. The van der Waals surface area contributed by atoms with Crippen LogP contribution >= 0.6 is 0 Å². The van der Waals surface area contributed by atoms with Gasteiger partial charge in [0.25, 0.3) is 0 Å². The molecule has 0 unspecified atom stereocenters. The van der Waals surface area contributed by atoms with Crippen LogP contribution in [0.25, 0.3) is 11.1 Å². The molecule has 3 aliphatic carbocycles.